The molecule has 0 saturated carbocycles. The van der Waals surface area contributed by atoms with Gasteiger partial charge in [-0.1, -0.05) is 46.2 Å². The molecule has 0 radical (unpaired) electrons. The number of carbonyl (C=O) groups is 5. The van der Waals surface area contributed by atoms with E-state index >= 15 is 0 Å². The molecule has 3 atom stereocenters. The molecule has 156 valence electrons. The Balaban J connectivity index is 2.34. The number of imide groups is 2. The summed E-state index contributed by atoms with van der Waals surface area (Å²) in [7, 11) is 0. The van der Waals surface area contributed by atoms with Gasteiger partial charge >= 0.3 is 12.0 Å². The summed E-state index contributed by atoms with van der Waals surface area (Å²) in [4.78, 5) is 62.7. The van der Waals surface area contributed by atoms with Crippen LogP contribution in [-0.4, -0.2) is 46.8 Å². The van der Waals surface area contributed by atoms with E-state index in [2.05, 4.69) is 0 Å². The molecule has 1 aliphatic heterocycles. The first-order valence-corrected chi connectivity index (χ1v) is 9.37. The molecule has 0 unspecified atom stereocenters. The molecule has 9 heteroatoms. The number of nitrogens with two attached hydrogens (primary N) is 1. The third-order valence-corrected chi connectivity index (χ3v) is 4.88. The highest BCUT2D eigenvalue weighted by Gasteiger charge is 2.46. The number of amides is 5. The van der Waals surface area contributed by atoms with Gasteiger partial charge in [0.2, 0.25) is 0 Å². The second-order valence-corrected chi connectivity index (χ2v) is 7.31. The zero-order chi connectivity index (χ0) is 21.9. The number of esters is 1. The summed E-state index contributed by atoms with van der Waals surface area (Å²) in [5, 5.41) is 1.89. The van der Waals surface area contributed by atoms with Crippen LogP contribution in [0.2, 0.25) is 0 Å². The number of ether oxygens (including phenoxy) is 1. The second-order valence-electron chi connectivity index (χ2n) is 7.31. The van der Waals surface area contributed by atoms with Crippen LogP contribution in [0.15, 0.2) is 24.3 Å². The van der Waals surface area contributed by atoms with E-state index in [0.29, 0.717) is 6.42 Å². The van der Waals surface area contributed by atoms with Gasteiger partial charge in [0.25, 0.3) is 17.7 Å². The monoisotopic (exact) mass is 403 g/mol. The quantitative estimate of drug-likeness (QED) is 0.522. The summed E-state index contributed by atoms with van der Waals surface area (Å²) < 4.78 is 5.36. The molecule has 0 bridgehead atoms. The van der Waals surface area contributed by atoms with E-state index in [4.69, 9.17) is 10.5 Å². The normalized spacial score (nSPS) is 16.2. The molecule has 1 aromatic carbocycles. The molecule has 1 aliphatic rings. The first kappa shape index (κ1) is 22.1. The molecular formula is C20H25N3O6. The predicted octanol–water partition coefficient (Wildman–Crippen LogP) is 1.46. The van der Waals surface area contributed by atoms with Gasteiger partial charge in [0.15, 0.2) is 6.10 Å². The second kappa shape index (κ2) is 8.85. The van der Waals surface area contributed by atoms with E-state index in [0.717, 1.165) is 4.90 Å². The molecule has 0 saturated heterocycles. The predicted molar refractivity (Wildman–Crippen MR) is 103 cm³/mol. The van der Waals surface area contributed by atoms with Crippen molar-refractivity contribution in [3.63, 3.8) is 0 Å². The molecule has 9 nitrogen and oxygen atoms in total. The lowest BCUT2D eigenvalue weighted by molar-refractivity contribution is -0.163. The van der Waals surface area contributed by atoms with Crippen molar-refractivity contribution in [1.82, 2.24) is 10.2 Å². The summed E-state index contributed by atoms with van der Waals surface area (Å²) in [6, 6.07) is 4.02. The lowest BCUT2D eigenvalue weighted by atomic mass is 9.97. The highest BCUT2D eigenvalue weighted by atomic mass is 16.6. The molecule has 2 rings (SSSR count). The Kier molecular flexibility index (Phi) is 6.73. The van der Waals surface area contributed by atoms with Crippen molar-refractivity contribution < 1.29 is 28.7 Å². The minimum atomic E-state index is -1.31. The number of nitrogens with zero attached hydrogens (tertiary/aromatic N) is 1. The van der Waals surface area contributed by atoms with Crippen molar-refractivity contribution in [1.29, 1.82) is 0 Å². The number of urea groups is 1. The number of rotatable bonds is 7. The van der Waals surface area contributed by atoms with Crippen LogP contribution >= 0.6 is 0 Å². The SMILES string of the molecule is CC[C@H](C)[C@@H](C(=O)O[C@H](C(=O)NC(N)=O)C(C)C)N1C(=O)c2ccccc2C1=O. The van der Waals surface area contributed by atoms with Crippen LogP contribution in [0.25, 0.3) is 0 Å². The van der Waals surface area contributed by atoms with E-state index in [1.165, 1.54) is 12.1 Å². The maximum atomic E-state index is 13.0. The summed E-state index contributed by atoms with van der Waals surface area (Å²) in [5.74, 6) is -3.83. The number of benzene rings is 1. The summed E-state index contributed by atoms with van der Waals surface area (Å²) in [6.07, 6.45) is -0.829. The Morgan fingerprint density at radius 1 is 1.07 bits per heavy atom. The van der Waals surface area contributed by atoms with Gasteiger partial charge in [-0.2, -0.15) is 0 Å². The average Bonchev–Trinajstić information content (AvgIpc) is 2.90. The summed E-state index contributed by atoms with van der Waals surface area (Å²) in [5.41, 5.74) is 5.39. The molecule has 29 heavy (non-hydrogen) atoms. The van der Waals surface area contributed by atoms with Gasteiger partial charge in [-0.3, -0.25) is 24.6 Å². The lowest BCUT2D eigenvalue weighted by Gasteiger charge is -2.31. The first-order valence-electron chi connectivity index (χ1n) is 9.37. The van der Waals surface area contributed by atoms with E-state index in [1.807, 2.05) is 12.2 Å². The molecule has 5 amide bonds. The summed E-state index contributed by atoms with van der Waals surface area (Å²) >= 11 is 0. The van der Waals surface area contributed by atoms with Crippen LogP contribution in [0, 0.1) is 11.8 Å². The number of hydrogen-bond donors (Lipinski definition) is 2. The number of carbonyl (C=O) groups excluding carboxylic acids is 5. The van der Waals surface area contributed by atoms with Crippen molar-refractivity contribution in [2.75, 3.05) is 0 Å². The molecule has 0 fully saturated rings. The molecule has 0 spiro atoms. The number of primary amides is 1. The van der Waals surface area contributed by atoms with Crippen molar-refractivity contribution in [2.45, 2.75) is 46.3 Å². The maximum Gasteiger partial charge on any atom is 0.330 e. The topological polar surface area (TPSA) is 136 Å². The Hall–Kier alpha value is -3.23. The van der Waals surface area contributed by atoms with Gasteiger partial charge in [0.1, 0.15) is 6.04 Å². The maximum absolute atomic E-state index is 13.0. The van der Waals surface area contributed by atoms with Crippen LogP contribution in [0.5, 0.6) is 0 Å². The molecule has 1 aromatic rings. The zero-order valence-electron chi connectivity index (χ0n) is 16.8. The van der Waals surface area contributed by atoms with Crippen LogP contribution in [-0.2, 0) is 14.3 Å². The fourth-order valence-electron chi connectivity index (χ4n) is 3.16. The van der Waals surface area contributed by atoms with Gasteiger partial charge in [0.05, 0.1) is 11.1 Å². The van der Waals surface area contributed by atoms with Crippen LogP contribution in [0.3, 0.4) is 0 Å². The smallest absolute Gasteiger partial charge is 0.330 e. The van der Waals surface area contributed by atoms with Gasteiger partial charge in [-0.05, 0) is 24.0 Å². The fourth-order valence-corrected chi connectivity index (χ4v) is 3.16. The van der Waals surface area contributed by atoms with Crippen LogP contribution < -0.4 is 11.1 Å². The molecule has 0 aromatic heterocycles. The van der Waals surface area contributed by atoms with Crippen molar-refractivity contribution >= 4 is 29.7 Å². The fraction of sp³-hybridized carbons (Fsp3) is 0.450. The zero-order valence-corrected chi connectivity index (χ0v) is 16.8. The molecule has 3 N–H and O–H groups in total. The van der Waals surface area contributed by atoms with E-state index in [1.54, 1.807) is 32.9 Å². The van der Waals surface area contributed by atoms with Gasteiger partial charge in [-0.15, -0.1) is 0 Å². The Morgan fingerprint density at radius 2 is 1.59 bits per heavy atom. The molecular weight excluding hydrogens is 378 g/mol. The van der Waals surface area contributed by atoms with Crippen molar-refractivity contribution in [3.05, 3.63) is 35.4 Å². The van der Waals surface area contributed by atoms with Gasteiger partial charge in [0, 0.05) is 0 Å². The van der Waals surface area contributed by atoms with Crippen LogP contribution in [0.1, 0.15) is 54.8 Å². The van der Waals surface area contributed by atoms with Crippen molar-refractivity contribution in [3.8, 4) is 0 Å². The Labute approximate surface area is 168 Å². The minimum absolute atomic E-state index is 0.213. The number of hydrogen-bond acceptors (Lipinski definition) is 6. The lowest BCUT2D eigenvalue weighted by Crippen LogP contribution is -2.52. The first-order chi connectivity index (χ1) is 13.6. The van der Waals surface area contributed by atoms with Crippen LogP contribution in [0.4, 0.5) is 4.79 Å². The summed E-state index contributed by atoms with van der Waals surface area (Å²) in [6.45, 7) is 6.77. The number of fused-ring (bicyclic) bond motifs is 1. The Bertz CT molecular complexity index is 815. The van der Waals surface area contributed by atoms with Crippen molar-refractivity contribution in [2.24, 2.45) is 17.6 Å². The van der Waals surface area contributed by atoms with E-state index in [-0.39, 0.29) is 11.1 Å². The number of nitrogens with one attached hydrogen (secondary N) is 1. The highest BCUT2D eigenvalue weighted by Crippen LogP contribution is 2.29. The Morgan fingerprint density at radius 3 is 2.00 bits per heavy atom. The molecule has 1 heterocycles. The largest absolute Gasteiger partial charge is 0.450 e. The molecule has 0 aliphatic carbocycles. The highest BCUT2D eigenvalue weighted by molar-refractivity contribution is 6.22. The van der Waals surface area contributed by atoms with E-state index in [9.17, 15) is 24.0 Å². The van der Waals surface area contributed by atoms with E-state index < -0.39 is 53.7 Å². The average molecular weight is 403 g/mol. The standard InChI is InChI=1S/C20H25N3O6/c1-5-11(4)14(19(27)29-15(10(2)3)16(24)22-20(21)28)23-17(25)12-8-6-7-9-13(12)18(23)26/h6-11,14-15H,5H2,1-4H3,(H3,21,22,24,28)/t11-,14-,15-/m0/s1. The third-order valence-electron chi connectivity index (χ3n) is 4.88. The third kappa shape index (κ3) is 4.44. The van der Waals surface area contributed by atoms with Gasteiger partial charge in [-0.25, -0.2) is 9.59 Å². The van der Waals surface area contributed by atoms with Gasteiger partial charge < -0.3 is 10.5 Å². The minimum Gasteiger partial charge on any atom is -0.450 e.